The Balaban J connectivity index is 2.08. The number of nitrogens with two attached hydrogens (primary N) is 1. The third-order valence-corrected chi connectivity index (χ3v) is 3.34. The summed E-state index contributed by atoms with van der Waals surface area (Å²) in [5.74, 6) is 0.262. The number of ether oxygens (including phenoxy) is 1. The van der Waals surface area contributed by atoms with Crippen LogP contribution in [-0.2, 0) is 13.0 Å². The quantitative estimate of drug-likeness (QED) is 0.904. The fraction of sp³-hybridized carbons (Fsp3) is 0.294. The summed E-state index contributed by atoms with van der Waals surface area (Å²) in [5.41, 5.74) is 9.92. The van der Waals surface area contributed by atoms with Gasteiger partial charge in [-0.15, -0.1) is 0 Å². The van der Waals surface area contributed by atoms with E-state index in [0.29, 0.717) is 25.3 Å². The van der Waals surface area contributed by atoms with Crippen LogP contribution in [0.3, 0.4) is 0 Å². The van der Waals surface area contributed by atoms with Crippen LogP contribution in [0, 0.1) is 19.7 Å². The summed E-state index contributed by atoms with van der Waals surface area (Å²) in [6.45, 7) is 5.08. The molecule has 0 bridgehead atoms. The van der Waals surface area contributed by atoms with Crippen LogP contribution in [-0.4, -0.2) is 6.54 Å². The van der Waals surface area contributed by atoms with Crippen molar-refractivity contribution in [3.8, 4) is 5.75 Å². The highest BCUT2D eigenvalue weighted by Gasteiger charge is 2.03. The highest BCUT2D eigenvalue weighted by atomic mass is 19.1. The van der Waals surface area contributed by atoms with Crippen molar-refractivity contribution in [2.24, 2.45) is 5.73 Å². The SMILES string of the molecule is Cc1ccc(COc2cc(F)cc(CCN)c2)cc1C. The Kier molecular flexibility index (Phi) is 4.74. The molecule has 0 amide bonds. The van der Waals surface area contributed by atoms with Gasteiger partial charge in [-0.1, -0.05) is 18.2 Å². The Hall–Kier alpha value is -1.87. The molecule has 0 aliphatic carbocycles. The van der Waals surface area contributed by atoms with Crippen molar-refractivity contribution >= 4 is 0 Å². The molecule has 20 heavy (non-hydrogen) atoms. The zero-order valence-electron chi connectivity index (χ0n) is 11.9. The summed E-state index contributed by atoms with van der Waals surface area (Å²) in [6, 6.07) is 10.9. The largest absolute Gasteiger partial charge is 0.489 e. The molecule has 0 aliphatic heterocycles. The van der Waals surface area contributed by atoms with Crippen LogP contribution in [0.25, 0.3) is 0 Å². The molecular weight excluding hydrogens is 253 g/mol. The van der Waals surface area contributed by atoms with Gasteiger partial charge in [0.05, 0.1) is 0 Å². The summed E-state index contributed by atoms with van der Waals surface area (Å²) >= 11 is 0. The van der Waals surface area contributed by atoms with Crippen molar-refractivity contribution in [1.82, 2.24) is 0 Å². The summed E-state index contributed by atoms with van der Waals surface area (Å²) in [6.07, 6.45) is 0.651. The number of hydrogen-bond acceptors (Lipinski definition) is 2. The highest BCUT2D eigenvalue weighted by molar-refractivity contribution is 5.32. The van der Waals surface area contributed by atoms with E-state index in [1.165, 1.54) is 23.3 Å². The molecule has 0 aliphatic rings. The van der Waals surface area contributed by atoms with Crippen LogP contribution in [0.1, 0.15) is 22.3 Å². The van der Waals surface area contributed by atoms with Crippen molar-refractivity contribution in [2.45, 2.75) is 26.9 Å². The Morgan fingerprint density at radius 3 is 2.50 bits per heavy atom. The van der Waals surface area contributed by atoms with Crippen molar-refractivity contribution in [1.29, 1.82) is 0 Å². The maximum Gasteiger partial charge on any atom is 0.127 e. The van der Waals surface area contributed by atoms with Crippen LogP contribution in [0.2, 0.25) is 0 Å². The zero-order valence-corrected chi connectivity index (χ0v) is 11.9. The smallest absolute Gasteiger partial charge is 0.127 e. The van der Waals surface area contributed by atoms with Crippen molar-refractivity contribution in [2.75, 3.05) is 6.54 Å². The molecule has 2 aromatic carbocycles. The third kappa shape index (κ3) is 3.81. The number of hydrogen-bond donors (Lipinski definition) is 1. The number of benzene rings is 2. The lowest BCUT2D eigenvalue weighted by molar-refractivity contribution is 0.304. The van der Waals surface area contributed by atoms with Crippen LogP contribution in [0.15, 0.2) is 36.4 Å². The molecule has 2 nitrogen and oxygen atoms in total. The van der Waals surface area contributed by atoms with Crippen LogP contribution in [0.5, 0.6) is 5.75 Å². The van der Waals surface area contributed by atoms with Crippen molar-refractivity contribution < 1.29 is 9.13 Å². The van der Waals surface area contributed by atoms with Gasteiger partial charge in [0.2, 0.25) is 0 Å². The molecule has 3 heteroatoms. The topological polar surface area (TPSA) is 35.2 Å². The Bertz CT molecular complexity index is 596. The molecule has 0 fully saturated rings. The molecule has 0 unspecified atom stereocenters. The molecule has 0 radical (unpaired) electrons. The van der Waals surface area contributed by atoms with Crippen molar-refractivity contribution in [3.63, 3.8) is 0 Å². The molecule has 0 atom stereocenters. The van der Waals surface area contributed by atoms with Gasteiger partial charge in [-0.3, -0.25) is 0 Å². The second-order valence-electron chi connectivity index (χ2n) is 5.04. The van der Waals surface area contributed by atoms with Crippen molar-refractivity contribution in [3.05, 3.63) is 64.5 Å². The number of halogens is 1. The molecule has 0 heterocycles. The lowest BCUT2D eigenvalue weighted by Crippen LogP contribution is -2.04. The van der Waals surface area contributed by atoms with Gasteiger partial charge in [0.15, 0.2) is 0 Å². The lowest BCUT2D eigenvalue weighted by Gasteiger charge is -2.10. The minimum absolute atomic E-state index is 0.286. The molecule has 0 saturated heterocycles. The highest BCUT2D eigenvalue weighted by Crippen LogP contribution is 2.19. The Morgan fingerprint density at radius 2 is 1.80 bits per heavy atom. The van der Waals surface area contributed by atoms with E-state index >= 15 is 0 Å². The van der Waals surface area contributed by atoms with E-state index in [1.807, 2.05) is 12.1 Å². The predicted molar refractivity (Wildman–Crippen MR) is 79.4 cm³/mol. The maximum atomic E-state index is 13.5. The third-order valence-electron chi connectivity index (χ3n) is 3.34. The van der Waals surface area contributed by atoms with Gasteiger partial charge < -0.3 is 10.5 Å². The van der Waals surface area contributed by atoms with Gasteiger partial charge in [-0.25, -0.2) is 4.39 Å². The summed E-state index contributed by atoms with van der Waals surface area (Å²) in [7, 11) is 0. The molecular formula is C17H20FNO. The van der Waals surface area contributed by atoms with E-state index < -0.39 is 0 Å². The standard InChI is InChI=1S/C17H20FNO/c1-12-3-4-15(7-13(12)2)11-20-17-9-14(5-6-19)8-16(18)10-17/h3-4,7-10H,5-6,11,19H2,1-2H3. The first-order chi connectivity index (χ1) is 9.58. The van der Waals surface area contributed by atoms with Crippen LogP contribution < -0.4 is 10.5 Å². The minimum atomic E-state index is -0.286. The van der Waals surface area contributed by atoms with Gasteiger partial charge >= 0.3 is 0 Å². The fourth-order valence-corrected chi connectivity index (χ4v) is 2.08. The van der Waals surface area contributed by atoms with E-state index in [9.17, 15) is 4.39 Å². The second kappa shape index (κ2) is 6.53. The molecule has 2 N–H and O–H groups in total. The van der Waals surface area contributed by atoms with Gasteiger partial charge in [-0.2, -0.15) is 0 Å². The fourth-order valence-electron chi connectivity index (χ4n) is 2.08. The first kappa shape index (κ1) is 14.5. The van der Waals surface area contributed by atoms with Gasteiger partial charge in [-0.05, 0) is 61.2 Å². The average Bonchev–Trinajstić information content (AvgIpc) is 2.40. The zero-order chi connectivity index (χ0) is 14.5. The molecule has 0 spiro atoms. The average molecular weight is 273 g/mol. The van der Waals surface area contributed by atoms with E-state index in [2.05, 4.69) is 26.0 Å². The second-order valence-corrected chi connectivity index (χ2v) is 5.04. The van der Waals surface area contributed by atoms with E-state index in [1.54, 1.807) is 0 Å². The first-order valence-electron chi connectivity index (χ1n) is 6.77. The summed E-state index contributed by atoms with van der Waals surface area (Å²) < 4.78 is 19.1. The van der Waals surface area contributed by atoms with Crippen LogP contribution >= 0.6 is 0 Å². The van der Waals surface area contributed by atoms with E-state index in [0.717, 1.165) is 11.1 Å². The molecule has 0 saturated carbocycles. The first-order valence-corrected chi connectivity index (χ1v) is 6.77. The minimum Gasteiger partial charge on any atom is -0.489 e. The molecule has 2 rings (SSSR count). The molecule has 0 aromatic heterocycles. The summed E-state index contributed by atoms with van der Waals surface area (Å²) in [5, 5.41) is 0. The number of aryl methyl sites for hydroxylation is 2. The normalized spacial score (nSPS) is 10.6. The molecule has 106 valence electrons. The van der Waals surface area contributed by atoms with E-state index in [-0.39, 0.29) is 5.82 Å². The predicted octanol–water partition coefficient (Wildman–Crippen LogP) is 3.52. The van der Waals surface area contributed by atoms with Gasteiger partial charge in [0, 0.05) is 6.07 Å². The summed E-state index contributed by atoms with van der Waals surface area (Å²) in [4.78, 5) is 0. The Labute approximate surface area is 119 Å². The van der Waals surface area contributed by atoms with Crippen LogP contribution in [0.4, 0.5) is 4.39 Å². The maximum absolute atomic E-state index is 13.5. The Morgan fingerprint density at radius 1 is 1.00 bits per heavy atom. The lowest BCUT2D eigenvalue weighted by atomic mass is 10.1. The van der Waals surface area contributed by atoms with Gasteiger partial charge in [0.1, 0.15) is 18.2 Å². The van der Waals surface area contributed by atoms with E-state index in [4.69, 9.17) is 10.5 Å². The molecule has 2 aromatic rings. The monoisotopic (exact) mass is 273 g/mol. The number of rotatable bonds is 5. The van der Waals surface area contributed by atoms with Gasteiger partial charge in [0.25, 0.3) is 0 Å².